The highest BCUT2D eigenvalue weighted by Crippen LogP contribution is 2.21. The monoisotopic (exact) mass is 744 g/mol. The second kappa shape index (κ2) is 23.4. The molecular formula is C40H52N6O8. The van der Waals surface area contributed by atoms with Crippen LogP contribution in [0.25, 0.3) is 21.8 Å². The number of aromatic nitrogens is 2. The topological polar surface area (TPSA) is 221 Å². The molecule has 0 radical (unpaired) electrons. The van der Waals surface area contributed by atoms with E-state index in [0.29, 0.717) is 19.4 Å². The maximum atomic E-state index is 12.0. The Morgan fingerprint density at radius 3 is 1.63 bits per heavy atom. The Morgan fingerprint density at radius 1 is 0.667 bits per heavy atom. The molecule has 2 aromatic heterocycles. The highest BCUT2D eigenvalue weighted by Gasteiger charge is 2.18. The normalized spacial score (nSPS) is 11.3. The first-order valence-electron chi connectivity index (χ1n) is 17.2. The number of fused-ring (bicyclic) bond motifs is 2. The van der Waals surface area contributed by atoms with E-state index >= 15 is 0 Å². The van der Waals surface area contributed by atoms with E-state index in [4.69, 9.17) is 20.9 Å². The number of hydrogen-bond donors (Lipinski definition) is 6. The summed E-state index contributed by atoms with van der Waals surface area (Å²) in [6.07, 6.45) is 4.06. The predicted octanol–water partition coefficient (Wildman–Crippen LogP) is 4.66. The molecule has 0 aliphatic rings. The van der Waals surface area contributed by atoms with Crippen molar-refractivity contribution in [3.8, 4) is 0 Å². The first kappa shape index (κ1) is 44.0. The van der Waals surface area contributed by atoms with Crippen molar-refractivity contribution >= 4 is 51.7 Å². The summed E-state index contributed by atoms with van der Waals surface area (Å²) in [5.41, 5.74) is 15.7. The lowest BCUT2D eigenvalue weighted by Crippen LogP contribution is -2.44. The molecule has 14 nitrogen and oxygen atoms in total. The number of H-pyrrole nitrogens is 2. The number of ether oxygens (including phenoxy) is 3. The number of carbonyl (C=O) groups is 5. The quantitative estimate of drug-likeness (QED) is 0.0687. The third kappa shape index (κ3) is 14.8. The zero-order chi connectivity index (χ0) is 38.6. The molecule has 3 amide bonds. The second-order valence-electron chi connectivity index (χ2n) is 11.8. The Balaban J connectivity index is 0.000000291. The van der Waals surface area contributed by atoms with Gasteiger partial charge in [-0.1, -0.05) is 81.1 Å². The van der Waals surface area contributed by atoms with Gasteiger partial charge in [0.15, 0.2) is 0 Å². The third-order valence-electron chi connectivity index (χ3n) is 7.75. The fourth-order valence-electron chi connectivity index (χ4n) is 5.13. The smallest absolute Gasteiger partial charge is 0.404 e. The van der Waals surface area contributed by atoms with Gasteiger partial charge in [-0.2, -0.15) is 0 Å². The number of para-hydroxylation sites is 2. The average molecular weight is 745 g/mol. The number of hydrogen-bond acceptors (Lipinski definition) is 9. The molecule has 2 unspecified atom stereocenters. The van der Waals surface area contributed by atoms with Crippen molar-refractivity contribution < 1.29 is 38.2 Å². The fourth-order valence-corrected chi connectivity index (χ4v) is 5.13. The molecule has 5 rings (SSSR count). The number of nitrogens with one attached hydrogen (secondary N) is 4. The standard InChI is InChI=1S/C16H20N2O3.C15H19N3O3.C8H9NO2.CH4/c1-3-21-15(19)10-18-16(20)11(2)8-12-9-17-14-7-5-4-6-13(12)14;1-2-21-14(19)9-18-15(20)12(16)7-10-8-17-13-6-4-3-5-11(10)13;9-8(10)11-6-7-4-2-1-3-5-7;/h4-7,9,11,17H,3,8,10H2,1-2H3,(H,18,20);3-6,8,12,17H,2,7,9,16H2,1H3,(H,18,20);1-5H,6H2,(H2,9,10);1H4. The fraction of sp³-hybridized carbons (Fsp3) is 0.325. The number of esters is 2. The van der Waals surface area contributed by atoms with Gasteiger partial charge >= 0.3 is 18.0 Å². The predicted molar refractivity (Wildman–Crippen MR) is 208 cm³/mol. The molecule has 0 saturated carbocycles. The zero-order valence-corrected chi connectivity index (χ0v) is 30.2. The largest absolute Gasteiger partial charge is 0.465 e. The van der Waals surface area contributed by atoms with Gasteiger partial charge < -0.3 is 46.3 Å². The number of amides is 3. The average Bonchev–Trinajstić information content (AvgIpc) is 3.77. The summed E-state index contributed by atoms with van der Waals surface area (Å²) in [6, 6.07) is 24.5. The molecule has 8 N–H and O–H groups in total. The van der Waals surface area contributed by atoms with Gasteiger partial charge in [0.2, 0.25) is 11.8 Å². The minimum absolute atomic E-state index is 0. The van der Waals surface area contributed by atoms with E-state index in [-0.39, 0.29) is 51.5 Å². The van der Waals surface area contributed by atoms with E-state index in [1.807, 2.05) is 98.2 Å². The zero-order valence-electron chi connectivity index (χ0n) is 30.2. The molecule has 0 saturated heterocycles. The van der Waals surface area contributed by atoms with Crippen LogP contribution in [0.2, 0.25) is 0 Å². The first-order chi connectivity index (χ1) is 25.5. The lowest BCUT2D eigenvalue weighted by atomic mass is 10.00. The van der Waals surface area contributed by atoms with Crippen molar-refractivity contribution in [2.45, 2.75) is 53.7 Å². The van der Waals surface area contributed by atoms with E-state index < -0.39 is 24.1 Å². The molecule has 0 aliphatic carbocycles. The molecule has 2 heterocycles. The maximum Gasteiger partial charge on any atom is 0.404 e. The highest BCUT2D eigenvalue weighted by atomic mass is 16.5. The Kier molecular flexibility index (Phi) is 19.1. The van der Waals surface area contributed by atoms with Crippen molar-refractivity contribution in [1.29, 1.82) is 0 Å². The van der Waals surface area contributed by atoms with Gasteiger partial charge in [0.25, 0.3) is 0 Å². The Bertz CT molecular complexity index is 1810. The highest BCUT2D eigenvalue weighted by molar-refractivity contribution is 5.88. The van der Waals surface area contributed by atoms with E-state index in [1.54, 1.807) is 13.8 Å². The van der Waals surface area contributed by atoms with Gasteiger partial charge in [-0.25, -0.2) is 4.79 Å². The lowest BCUT2D eigenvalue weighted by Gasteiger charge is -2.11. The number of carbonyl (C=O) groups excluding carboxylic acids is 5. The second-order valence-corrected chi connectivity index (χ2v) is 11.8. The van der Waals surface area contributed by atoms with Gasteiger partial charge in [0.05, 0.1) is 19.3 Å². The van der Waals surface area contributed by atoms with Gasteiger partial charge in [0.1, 0.15) is 19.7 Å². The molecule has 14 heteroatoms. The Labute approximate surface area is 315 Å². The van der Waals surface area contributed by atoms with Gasteiger partial charge in [0, 0.05) is 40.1 Å². The number of primary amides is 1. The summed E-state index contributed by atoms with van der Waals surface area (Å²) in [4.78, 5) is 62.7. The van der Waals surface area contributed by atoms with E-state index in [0.717, 1.165) is 38.5 Å². The number of benzene rings is 3. The van der Waals surface area contributed by atoms with Crippen LogP contribution in [-0.4, -0.2) is 72.2 Å². The summed E-state index contributed by atoms with van der Waals surface area (Å²) in [7, 11) is 0. The molecule has 3 aromatic carbocycles. The molecule has 0 fully saturated rings. The van der Waals surface area contributed by atoms with Gasteiger partial charge in [-0.3, -0.25) is 19.2 Å². The van der Waals surface area contributed by atoms with Crippen molar-refractivity contribution in [1.82, 2.24) is 20.6 Å². The van der Waals surface area contributed by atoms with Crippen LogP contribution in [-0.2, 0) is 52.8 Å². The van der Waals surface area contributed by atoms with Crippen molar-refractivity contribution in [3.05, 3.63) is 108 Å². The van der Waals surface area contributed by atoms with Crippen LogP contribution in [0.5, 0.6) is 0 Å². The van der Waals surface area contributed by atoms with Gasteiger partial charge in [-0.05, 0) is 55.5 Å². The van der Waals surface area contributed by atoms with Crippen LogP contribution in [0.3, 0.4) is 0 Å². The number of rotatable bonds is 14. The SMILES string of the molecule is C.CCOC(=O)CNC(=O)C(C)Cc1c[nH]c2ccccc12.CCOC(=O)CNC(=O)C(N)Cc1c[nH]c2ccccc12.NC(=O)OCc1ccccc1. The lowest BCUT2D eigenvalue weighted by molar-refractivity contribution is -0.144. The van der Waals surface area contributed by atoms with Crippen LogP contribution in [0.4, 0.5) is 4.79 Å². The summed E-state index contributed by atoms with van der Waals surface area (Å²) in [6.45, 7) is 5.91. The van der Waals surface area contributed by atoms with Gasteiger partial charge in [-0.15, -0.1) is 0 Å². The summed E-state index contributed by atoms with van der Waals surface area (Å²) >= 11 is 0. The molecule has 54 heavy (non-hydrogen) atoms. The molecule has 5 aromatic rings. The Hall–Kier alpha value is -6.15. The van der Waals surface area contributed by atoms with E-state index in [9.17, 15) is 24.0 Å². The molecule has 0 spiro atoms. The molecule has 0 bridgehead atoms. The minimum atomic E-state index is -0.742. The molecule has 0 aliphatic heterocycles. The maximum absolute atomic E-state index is 12.0. The summed E-state index contributed by atoms with van der Waals surface area (Å²) in [5.74, 6) is -1.60. The van der Waals surface area contributed by atoms with Crippen molar-refractivity contribution in [2.24, 2.45) is 17.4 Å². The van der Waals surface area contributed by atoms with E-state index in [1.165, 1.54) is 0 Å². The summed E-state index contributed by atoms with van der Waals surface area (Å²) in [5, 5.41) is 7.26. The molecule has 2 atom stereocenters. The van der Waals surface area contributed by atoms with Crippen LogP contribution in [0.1, 0.15) is 44.9 Å². The number of nitrogens with two attached hydrogens (primary N) is 2. The van der Waals surface area contributed by atoms with Crippen LogP contribution in [0.15, 0.2) is 91.3 Å². The molecular weight excluding hydrogens is 692 g/mol. The number of aromatic amines is 2. The van der Waals surface area contributed by atoms with Crippen LogP contribution >= 0.6 is 0 Å². The third-order valence-corrected chi connectivity index (χ3v) is 7.75. The minimum Gasteiger partial charge on any atom is -0.465 e. The van der Waals surface area contributed by atoms with Crippen molar-refractivity contribution in [3.63, 3.8) is 0 Å². The first-order valence-corrected chi connectivity index (χ1v) is 17.2. The van der Waals surface area contributed by atoms with E-state index in [2.05, 4.69) is 25.3 Å². The van der Waals surface area contributed by atoms with Crippen molar-refractivity contribution in [2.75, 3.05) is 26.3 Å². The van der Waals surface area contributed by atoms with Crippen LogP contribution in [0, 0.1) is 5.92 Å². The molecule has 290 valence electrons. The Morgan fingerprint density at radius 2 is 1.13 bits per heavy atom. The summed E-state index contributed by atoms with van der Waals surface area (Å²) < 4.78 is 14.1. The van der Waals surface area contributed by atoms with Crippen LogP contribution < -0.4 is 22.1 Å².